The Bertz CT molecular complexity index is 296. The van der Waals surface area contributed by atoms with Crippen LogP contribution in [0.2, 0.25) is 0 Å². The van der Waals surface area contributed by atoms with Crippen LogP contribution in [-0.2, 0) is 14.2 Å². The number of rotatable bonds is 12. The van der Waals surface area contributed by atoms with Gasteiger partial charge in [-0.15, -0.1) is 11.3 Å². The molecule has 0 aliphatic heterocycles. The Labute approximate surface area is 119 Å². The summed E-state index contributed by atoms with van der Waals surface area (Å²) in [4.78, 5) is 4.33. The third-order valence-corrected chi connectivity index (χ3v) is 3.49. The molecule has 0 bridgehead atoms. The number of methoxy groups -OCH3 is 1. The quantitative estimate of drug-likeness (QED) is 0.595. The van der Waals surface area contributed by atoms with Crippen molar-refractivity contribution < 1.29 is 14.2 Å². The summed E-state index contributed by atoms with van der Waals surface area (Å²) in [5.41, 5.74) is 0. The number of ether oxygens (including phenoxy) is 3. The highest BCUT2D eigenvalue weighted by atomic mass is 32.1. The van der Waals surface area contributed by atoms with E-state index in [1.165, 1.54) is 0 Å². The van der Waals surface area contributed by atoms with Crippen LogP contribution in [0.5, 0.6) is 0 Å². The number of aromatic nitrogens is 1. The fourth-order valence-electron chi connectivity index (χ4n) is 1.58. The van der Waals surface area contributed by atoms with Crippen LogP contribution < -0.4 is 5.32 Å². The standard InChI is InChI=1S/C13H24N2O3S/c1-3-12(13-15-5-11-19-13)14-4-6-17-9-10-18-8-7-16-2/h5,11-12,14H,3-4,6-10H2,1-2H3. The van der Waals surface area contributed by atoms with Gasteiger partial charge >= 0.3 is 0 Å². The molecule has 6 heteroatoms. The number of nitrogens with zero attached hydrogens (tertiary/aromatic N) is 1. The van der Waals surface area contributed by atoms with Crippen LogP contribution >= 0.6 is 11.3 Å². The maximum absolute atomic E-state index is 5.48. The Hall–Kier alpha value is -0.530. The summed E-state index contributed by atoms with van der Waals surface area (Å²) in [5.74, 6) is 0. The van der Waals surface area contributed by atoms with E-state index in [1.54, 1.807) is 18.4 Å². The van der Waals surface area contributed by atoms with E-state index in [0.29, 0.717) is 39.1 Å². The molecule has 1 aromatic heterocycles. The lowest BCUT2D eigenvalue weighted by molar-refractivity contribution is 0.0252. The van der Waals surface area contributed by atoms with Crippen molar-refractivity contribution in [1.29, 1.82) is 0 Å². The molecule has 1 unspecified atom stereocenters. The van der Waals surface area contributed by atoms with Crippen LogP contribution in [0.15, 0.2) is 11.6 Å². The summed E-state index contributed by atoms with van der Waals surface area (Å²) in [6, 6.07) is 0.335. The van der Waals surface area contributed by atoms with E-state index in [-0.39, 0.29) is 0 Å². The van der Waals surface area contributed by atoms with Crippen LogP contribution in [-0.4, -0.2) is 51.7 Å². The van der Waals surface area contributed by atoms with Gasteiger partial charge in [-0.3, -0.25) is 0 Å². The highest BCUT2D eigenvalue weighted by Gasteiger charge is 2.10. The predicted molar refractivity (Wildman–Crippen MR) is 76.7 cm³/mol. The van der Waals surface area contributed by atoms with Crippen molar-refractivity contribution in [2.24, 2.45) is 0 Å². The van der Waals surface area contributed by atoms with E-state index in [0.717, 1.165) is 18.0 Å². The monoisotopic (exact) mass is 288 g/mol. The molecule has 1 aromatic rings. The first kappa shape index (κ1) is 16.5. The first-order valence-electron chi connectivity index (χ1n) is 6.65. The van der Waals surface area contributed by atoms with E-state index in [1.807, 2.05) is 11.6 Å². The number of hydrogen-bond acceptors (Lipinski definition) is 6. The van der Waals surface area contributed by atoms with Crippen molar-refractivity contribution in [2.45, 2.75) is 19.4 Å². The van der Waals surface area contributed by atoms with E-state index in [9.17, 15) is 0 Å². The zero-order valence-electron chi connectivity index (χ0n) is 11.8. The predicted octanol–water partition coefficient (Wildman–Crippen LogP) is 1.86. The second-order valence-electron chi connectivity index (χ2n) is 4.00. The van der Waals surface area contributed by atoms with Gasteiger partial charge in [0, 0.05) is 25.2 Å². The lowest BCUT2D eigenvalue weighted by atomic mass is 10.2. The van der Waals surface area contributed by atoms with Crippen molar-refractivity contribution in [1.82, 2.24) is 10.3 Å². The summed E-state index contributed by atoms with van der Waals surface area (Å²) in [7, 11) is 1.66. The summed E-state index contributed by atoms with van der Waals surface area (Å²) in [6.07, 6.45) is 2.88. The molecule has 1 N–H and O–H groups in total. The molecule has 19 heavy (non-hydrogen) atoms. The van der Waals surface area contributed by atoms with E-state index in [2.05, 4.69) is 17.2 Å². The molecule has 5 nitrogen and oxygen atoms in total. The minimum atomic E-state index is 0.335. The maximum Gasteiger partial charge on any atom is 0.109 e. The molecule has 0 aliphatic carbocycles. The lowest BCUT2D eigenvalue weighted by Gasteiger charge is -2.14. The molecular formula is C13H24N2O3S. The smallest absolute Gasteiger partial charge is 0.109 e. The SMILES string of the molecule is CCC(NCCOCCOCCOC)c1nccs1. The average Bonchev–Trinajstić information content (AvgIpc) is 2.95. The second kappa shape index (κ2) is 11.3. The van der Waals surface area contributed by atoms with E-state index in [4.69, 9.17) is 14.2 Å². The van der Waals surface area contributed by atoms with E-state index < -0.39 is 0 Å². The summed E-state index contributed by atoms with van der Waals surface area (Å²) >= 11 is 1.69. The molecule has 1 heterocycles. The van der Waals surface area contributed by atoms with Crippen LogP contribution in [0.4, 0.5) is 0 Å². The summed E-state index contributed by atoms with van der Waals surface area (Å²) in [6.45, 7) is 6.18. The van der Waals surface area contributed by atoms with Crippen molar-refractivity contribution in [3.05, 3.63) is 16.6 Å². The van der Waals surface area contributed by atoms with Crippen LogP contribution in [0.25, 0.3) is 0 Å². The molecule has 0 amide bonds. The molecule has 1 rings (SSSR count). The third-order valence-electron chi connectivity index (χ3n) is 2.60. The van der Waals surface area contributed by atoms with Gasteiger partial charge in [-0.2, -0.15) is 0 Å². The molecule has 0 fully saturated rings. The normalized spacial score (nSPS) is 12.7. The van der Waals surface area contributed by atoms with Crippen molar-refractivity contribution in [3.8, 4) is 0 Å². The van der Waals surface area contributed by atoms with Crippen LogP contribution in [0, 0.1) is 0 Å². The Kier molecular flexibility index (Phi) is 9.84. The van der Waals surface area contributed by atoms with Crippen molar-refractivity contribution >= 4 is 11.3 Å². The van der Waals surface area contributed by atoms with Crippen LogP contribution in [0.3, 0.4) is 0 Å². The lowest BCUT2D eigenvalue weighted by Crippen LogP contribution is -2.25. The number of hydrogen-bond donors (Lipinski definition) is 1. The molecule has 0 saturated heterocycles. The topological polar surface area (TPSA) is 52.6 Å². The van der Waals surface area contributed by atoms with Gasteiger partial charge in [0.05, 0.1) is 39.1 Å². The highest BCUT2D eigenvalue weighted by molar-refractivity contribution is 7.09. The number of thiazole rings is 1. The van der Waals surface area contributed by atoms with Gasteiger partial charge in [-0.1, -0.05) is 6.92 Å². The Morgan fingerprint density at radius 3 is 2.58 bits per heavy atom. The van der Waals surface area contributed by atoms with Crippen molar-refractivity contribution in [2.75, 3.05) is 46.7 Å². The van der Waals surface area contributed by atoms with Crippen LogP contribution in [0.1, 0.15) is 24.4 Å². The molecule has 0 aliphatic rings. The van der Waals surface area contributed by atoms with Gasteiger partial charge in [0.15, 0.2) is 0 Å². The summed E-state index contributed by atoms with van der Waals surface area (Å²) in [5, 5.41) is 6.60. The second-order valence-corrected chi connectivity index (χ2v) is 4.93. The third kappa shape index (κ3) is 7.59. The molecule has 0 aromatic carbocycles. The highest BCUT2D eigenvalue weighted by Crippen LogP contribution is 2.18. The zero-order valence-corrected chi connectivity index (χ0v) is 12.6. The van der Waals surface area contributed by atoms with Gasteiger partial charge in [0.25, 0.3) is 0 Å². The van der Waals surface area contributed by atoms with Gasteiger partial charge in [0.2, 0.25) is 0 Å². The minimum absolute atomic E-state index is 0.335. The first-order valence-corrected chi connectivity index (χ1v) is 7.53. The van der Waals surface area contributed by atoms with Crippen molar-refractivity contribution in [3.63, 3.8) is 0 Å². The number of nitrogens with one attached hydrogen (secondary N) is 1. The largest absolute Gasteiger partial charge is 0.382 e. The molecule has 1 atom stereocenters. The molecule has 110 valence electrons. The molecular weight excluding hydrogens is 264 g/mol. The van der Waals surface area contributed by atoms with E-state index >= 15 is 0 Å². The van der Waals surface area contributed by atoms with Gasteiger partial charge in [0.1, 0.15) is 5.01 Å². The molecule has 0 spiro atoms. The maximum atomic E-state index is 5.48. The zero-order chi connectivity index (χ0) is 13.8. The Morgan fingerprint density at radius 2 is 1.95 bits per heavy atom. The Balaban J connectivity index is 1.95. The average molecular weight is 288 g/mol. The molecule has 0 saturated carbocycles. The van der Waals surface area contributed by atoms with Gasteiger partial charge in [-0.25, -0.2) is 4.98 Å². The first-order chi connectivity index (χ1) is 9.38. The molecule has 0 radical (unpaired) electrons. The summed E-state index contributed by atoms with van der Waals surface area (Å²) < 4.78 is 15.7. The minimum Gasteiger partial charge on any atom is -0.382 e. The fourth-order valence-corrected chi connectivity index (χ4v) is 2.38. The van der Waals surface area contributed by atoms with Gasteiger partial charge in [-0.05, 0) is 6.42 Å². The fraction of sp³-hybridized carbons (Fsp3) is 0.769. The Morgan fingerprint density at radius 1 is 1.21 bits per heavy atom. The van der Waals surface area contributed by atoms with Gasteiger partial charge < -0.3 is 19.5 Å².